The molecule has 2 heterocycles. The van der Waals surface area contributed by atoms with E-state index in [1.807, 2.05) is 6.07 Å². The largest absolute Gasteiger partial charge is 0.339 e. The number of hydrogen-bond acceptors (Lipinski definition) is 7. The van der Waals surface area contributed by atoms with Crippen LogP contribution >= 0.6 is 24.8 Å². The molecule has 3 rings (SSSR count). The molecule has 1 aliphatic heterocycles. The van der Waals surface area contributed by atoms with E-state index in [1.165, 1.54) is 12.1 Å². The van der Waals surface area contributed by atoms with Crippen LogP contribution in [0.4, 0.5) is 11.4 Å². The molecule has 0 aliphatic carbocycles. The number of benzene rings is 1. The number of thiocarbonyl (C=S) groups is 1. The Kier molecular flexibility index (Phi) is 5.34. The third-order valence-corrected chi connectivity index (χ3v) is 5.03. The molecule has 0 spiro atoms. The SMILES string of the molecule is N#CC1=C(S)NC(=S)[C@H]([n+]2ccccc2)[C@H]1c1ccc([N+](=O)[O-])cc1[N+](=O)[O-]. The van der Waals surface area contributed by atoms with Crippen LogP contribution in [0.1, 0.15) is 17.5 Å². The number of hydrogen-bond donors (Lipinski definition) is 2. The number of nitrogens with zero attached hydrogens (tertiary/aromatic N) is 4. The van der Waals surface area contributed by atoms with E-state index in [1.54, 1.807) is 35.2 Å². The minimum Gasteiger partial charge on any atom is -0.339 e. The smallest absolute Gasteiger partial charge is 0.280 e. The van der Waals surface area contributed by atoms with Crippen LogP contribution in [0.25, 0.3) is 0 Å². The summed E-state index contributed by atoms with van der Waals surface area (Å²) >= 11 is 9.71. The number of non-ortho nitro benzene ring substituents is 1. The standard InChI is InChI=1S/C17H11N5O4S2/c18-9-12-14(11-5-4-10(21(23)24)8-13(11)22(25)26)15(17(28)19-16(12)27)20-6-2-1-3-7-20/h1-8,14-15H,(H-,19,27,28)/p+1/t14-,15+/m0/s1. The molecule has 1 N–H and O–H groups in total. The fourth-order valence-electron chi connectivity index (χ4n) is 3.13. The van der Waals surface area contributed by atoms with Crippen molar-refractivity contribution >= 4 is 41.2 Å². The van der Waals surface area contributed by atoms with Crippen molar-refractivity contribution in [3.05, 3.63) is 85.2 Å². The number of aromatic nitrogens is 1. The van der Waals surface area contributed by atoms with Crippen molar-refractivity contribution in [1.82, 2.24) is 5.32 Å². The van der Waals surface area contributed by atoms with Gasteiger partial charge in [0, 0.05) is 23.8 Å². The number of pyridine rings is 1. The Hall–Kier alpha value is -3.36. The zero-order valence-electron chi connectivity index (χ0n) is 14.1. The zero-order chi connectivity index (χ0) is 20.4. The average molecular weight is 414 g/mol. The van der Waals surface area contributed by atoms with Gasteiger partial charge in [-0.2, -0.15) is 9.83 Å². The van der Waals surface area contributed by atoms with Crippen molar-refractivity contribution in [2.45, 2.75) is 12.0 Å². The Bertz CT molecular complexity index is 1060. The third-order valence-electron chi connectivity index (χ3n) is 4.33. The van der Waals surface area contributed by atoms with Crippen LogP contribution in [0.15, 0.2) is 59.4 Å². The lowest BCUT2D eigenvalue weighted by Crippen LogP contribution is -2.52. The monoisotopic (exact) mass is 414 g/mol. The lowest BCUT2D eigenvalue weighted by atomic mass is 9.82. The summed E-state index contributed by atoms with van der Waals surface area (Å²) in [5, 5.41) is 35.4. The quantitative estimate of drug-likeness (QED) is 0.259. The summed E-state index contributed by atoms with van der Waals surface area (Å²) in [6.45, 7) is 0. The van der Waals surface area contributed by atoms with Crippen LogP contribution < -0.4 is 9.88 Å². The summed E-state index contributed by atoms with van der Waals surface area (Å²) < 4.78 is 1.72. The fourth-order valence-corrected chi connectivity index (χ4v) is 3.88. The molecule has 28 heavy (non-hydrogen) atoms. The third kappa shape index (κ3) is 3.42. The molecule has 0 unspecified atom stereocenters. The number of allylic oxidation sites excluding steroid dienone is 1. The van der Waals surface area contributed by atoms with Gasteiger partial charge in [-0.3, -0.25) is 20.2 Å². The van der Waals surface area contributed by atoms with Gasteiger partial charge in [-0.1, -0.05) is 18.3 Å². The Morgan fingerprint density at radius 1 is 1.18 bits per heavy atom. The first-order chi connectivity index (χ1) is 13.3. The minimum atomic E-state index is -0.847. The highest BCUT2D eigenvalue weighted by atomic mass is 32.1. The fraction of sp³-hybridized carbons (Fsp3) is 0.118. The summed E-state index contributed by atoms with van der Waals surface area (Å²) in [6.07, 6.45) is 3.45. The number of nitro groups is 2. The predicted octanol–water partition coefficient (Wildman–Crippen LogP) is 2.71. The molecule has 1 aliphatic rings. The molecule has 11 heteroatoms. The first-order valence-corrected chi connectivity index (χ1v) is 8.73. The maximum Gasteiger partial charge on any atom is 0.280 e. The molecule has 0 fully saturated rings. The topological polar surface area (TPSA) is 126 Å². The molecule has 0 saturated heterocycles. The maximum absolute atomic E-state index is 11.7. The Labute approximate surface area is 169 Å². The van der Waals surface area contributed by atoms with Crippen molar-refractivity contribution in [1.29, 1.82) is 5.26 Å². The van der Waals surface area contributed by atoms with E-state index in [4.69, 9.17) is 12.2 Å². The molecule has 0 saturated carbocycles. The van der Waals surface area contributed by atoms with E-state index < -0.39 is 33.2 Å². The normalized spacial score (nSPS) is 18.9. The van der Waals surface area contributed by atoms with E-state index in [2.05, 4.69) is 17.9 Å². The number of nitrogens with one attached hydrogen (secondary N) is 1. The Morgan fingerprint density at radius 2 is 1.86 bits per heavy atom. The minimum absolute atomic E-state index is 0.143. The zero-order valence-corrected chi connectivity index (χ0v) is 15.8. The molecule has 0 bridgehead atoms. The van der Waals surface area contributed by atoms with Gasteiger partial charge in [0.2, 0.25) is 6.04 Å². The van der Waals surface area contributed by atoms with Crippen LogP contribution in [0.2, 0.25) is 0 Å². The number of rotatable bonds is 4. The summed E-state index contributed by atoms with van der Waals surface area (Å²) in [4.78, 5) is 21.6. The Balaban J connectivity index is 2.29. The van der Waals surface area contributed by atoms with E-state index in [9.17, 15) is 25.5 Å². The highest BCUT2D eigenvalue weighted by Crippen LogP contribution is 2.42. The molecule has 0 amide bonds. The summed E-state index contributed by atoms with van der Waals surface area (Å²) in [5.74, 6) is -0.847. The molecular formula is C17H12N5O4S2+. The van der Waals surface area contributed by atoms with Crippen LogP contribution in [-0.2, 0) is 0 Å². The van der Waals surface area contributed by atoms with Gasteiger partial charge in [-0.25, -0.2) is 0 Å². The molecule has 2 atom stereocenters. The second-order valence-electron chi connectivity index (χ2n) is 5.87. The average Bonchev–Trinajstić information content (AvgIpc) is 2.67. The maximum atomic E-state index is 11.7. The van der Waals surface area contributed by atoms with Crippen molar-refractivity contribution in [3.8, 4) is 6.07 Å². The van der Waals surface area contributed by atoms with Gasteiger partial charge >= 0.3 is 0 Å². The lowest BCUT2D eigenvalue weighted by molar-refractivity contribution is -0.708. The molecule has 0 radical (unpaired) electrons. The van der Waals surface area contributed by atoms with E-state index >= 15 is 0 Å². The highest BCUT2D eigenvalue weighted by molar-refractivity contribution is 7.85. The van der Waals surface area contributed by atoms with E-state index in [-0.39, 0.29) is 16.2 Å². The second kappa shape index (κ2) is 7.71. The molecule has 1 aromatic carbocycles. The van der Waals surface area contributed by atoms with E-state index in [0.29, 0.717) is 4.99 Å². The van der Waals surface area contributed by atoms with Gasteiger partial charge in [0.05, 0.1) is 38.5 Å². The highest BCUT2D eigenvalue weighted by Gasteiger charge is 2.45. The summed E-state index contributed by atoms with van der Waals surface area (Å²) in [5.41, 5.74) is -0.581. The number of nitro benzene ring substituents is 2. The van der Waals surface area contributed by atoms with Crippen LogP contribution in [0, 0.1) is 31.6 Å². The van der Waals surface area contributed by atoms with Crippen LogP contribution in [-0.4, -0.2) is 14.8 Å². The molecular weight excluding hydrogens is 402 g/mol. The second-order valence-corrected chi connectivity index (χ2v) is 6.75. The first kappa shape index (κ1) is 19.4. The molecule has 140 valence electrons. The van der Waals surface area contributed by atoms with Gasteiger partial charge < -0.3 is 5.32 Å². The van der Waals surface area contributed by atoms with Gasteiger partial charge in [-0.15, -0.1) is 12.6 Å². The predicted molar refractivity (Wildman–Crippen MR) is 106 cm³/mol. The number of thiol groups is 1. The van der Waals surface area contributed by atoms with Gasteiger partial charge in [0.15, 0.2) is 17.4 Å². The van der Waals surface area contributed by atoms with Gasteiger partial charge in [-0.05, 0) is 6.07 Å². The summed E-state index contributed by atoms with van der Waals surface area (Å²) in [6, 6.07) is 10.1. The Morgan fingerprint density at radius 3 is 2.43 bits per heavy atom. The molecule has 9 nitrogen and oxygen atoms in total. The summed E-state index contributed by atoms with van der Waals surface area (Å²) in [7, 11) is 0. The van der Waals surface area contributed by atoms with Crippen molar-refractivity contribution in [2.24, 2.45) is 0 Å². The van der Waals surface area contributed by atoms with Crippen molar-refractivity contribution in [3.63, 3.8) is 0 Å². The van der Waals surface area contributed by atoms with Crippen LogP contribution in [0.3, 0.4) is 0 Å². The first-order valence-electron chi connectivity index (χ1n) is 7.87. The van der Waals surface area contributed by atoms with Crippen LogP contribution in [0.5, 0.6) is 0 Å². The molecule has 2 aromatic rings. The van der Waals surface area contributed by atoms with Crippen molar-refractivity contribution in [2.75, 3.05) is 0 Å². The lowest BCUT2D eigenvalue weighted by Gasteiger charge is -2.29. The van der Waals surface area contributed by atoms with Gasteiger partial charge in [0.25, 0.3) is 11.4 Å². The number of nitriles is 1. The van der Waals surface area contributed by atoms with Crippen molar-refractivity contribution < 1.29 is 14.4 Å². The molecule has 1 aromatic heterocycles. The van der Waals surface area contributed by atoms with Gasteiger partial charge in [0.1, 0.15) is 0 Å². The van der Waals surface area contributed by atoms with E-state index in [0.717, 1.165) is 6.07 Å².